The number of hydrogen-bond donors (Lipinski definition) is 1. The molecular formula is C14H12BrN3O2S. The number of thioether (sulfide) groups is 1. The van der Waals surface area contributed by atoms with Crippen LogP contribution in [0.4, 0.5) is 5.82 Å². The van der Waals surface area contributed by atoms with Crippen molar-refractivity contribution in [1.29, 1.82) is 0 Å². The van der Waals surface area contributed by atoms with Crippen molar-refractivity contribution in [3.8, 4) is 0 Å². The number of halogens is 1. The molecule has 2 rings (SSSR count). The van der Waals surface area contributed by atoms with Gasteiger partial charge in [-0.05, 0) is 24.3 Å². The van der Waals surface area contributed by atoms with Crippen molar-refractivity contribution < 1.29 is 9.59 Å². The summed E-state index contributed by atoms with van der Waals surface area (Å²) in [4.78, 5) is 22.9. The maximum atomic E-state index is 12.0. The summed E-state index contributed by atoms with van der Waals surface area (Å²) in [6.07, 6.45) is 0. The van der Waals surface area contributed by atoms with Gasteiger partial charge in [-0.15, -0.1) is 10.2 Å². The van der Waals surface area contributed by atoms with E-state index in [1.165, 1.54) is 18.7 Å². The molecular weight excluding hydrogens is 354 g/mol. The highest BCUT2D eigenvalue weighted by molar-refractivity contribution is 9.10. The molecule has 0 atom stereocenters. The predicted molar refractivity (Wildman–Crippen MR) is 85.5 cm³/mol. The van der Waals surface area contributed by atoms with Crippen molar-refractivity contribution in [3.05, 3.63) is 46.4 Å². The van der Waals surface area contributed by atoms with Gasteiger partial charge >= 0.3 is 0 Å². The molecule has 0 saturated carbocycles. The molecule has 1 amide bonds. The van der Waals surface area contributed by atoms with Crippen LogP contribution in [0.1, 0.15) is 17.3 Å². The van der Waals surface area contributed by atoms with E-state index in [0.29, 0.717) is 16.4 Å². The Hall–Kier alpha value is -1.73. The molecule has 21 heavy (non-hydrogen) atoms. The Morgan fingerprint density at radius 3 is 2.43 bits per heavy atom. The molecule has 1 N–H and O–H groups in total. The van der Waals surface area contributed by atoms with Gasteiger partial charge < -0.3 is 5.32 Å². The summed E-state index contributed by atoms with van der Waals surface area (Å²) in [5, 5.41) is 11.0. The second-order valence-electron chi connectivity index (χ2n) is 4.16. The summed E-state index contributed by atoms with van der Waals surface area (Å²) in [7, 11) is 0. The molecule has 0 unspecified atom stereocenters. The smallest absolute Gasteiger partial charge is 0.222 e. The van der Waals surface area contributed by atoms with Crippen LogP contribution in [0.25, 0.3) is 0 Å². The number of amides is 1. The minimum atomic E-state index is -0.199. The average Bonchev–Trinajstić information content (AvgIpc) is 2.46. The van der Waals surface area contributed by atoms with Crippen molar-refractivity contribution in [2.75, 3.05) is 11.1 Å². The monoisotopic (exact) mass is 365 g/mol. The highest BCUT2D eigenvalue weighted by Gasteiger charge is 2.08. The predicted octanol–water partition coefficient (Wildman–Crippen LogP) is 3.17. The molecule has 5 nitrogen and oxygen atoms in total. The molecule has 0 spiro atoms. The largest absolute Gasteiger partial charge is 0.309 e. The first-order valence-electron chi connectivity index (χ1n) is 6.07. The number of aromatic nitrogens is 2. The van der Waals surface area contributed by atoms with Gasteiger partial charge in [0.25, 0.3) is 0 Å². The molecule has 0 aliphatic heterocycles. The SMILES string of the molecule is CC(=O)Nc1ccc(SCC(=O)c2ccc(Br)cc2)nn1. The number of carbonyl (C=O) groups is 2. The molecule has 0 fully saturated rings. The number of benzene rings is 1. The maximum absolute atomic E-state index is 12.0. The van der Waals surface area contributed by atoms with Crippen LogP contribution in [0.3, 0.4) is 0 Å². The Morgan fingerprint density at radius 1 is 1.14 bits per heavy atom. The lowest BCUT2D eigenvalue weighted by Crippen LogP contribution is -2.08. The van der Waals surface area contributed by atoms with E-state index >= 15 is 0 Å². The highest BCUT2D eigenvalue weighted by atomic mass is 79.9. The number of carbonyl (C=O) groups excluding carboxylic acids is 2. The summed E-state index contributed by atoms with van der Waals surface area (Å²) in [6, 6.07) is 10.6. The van der Waals surface area contributed by atoms with Crippen LogP contribution in [-0.2, 0) is 4.79 Å². The van der Waals surface area contributed by atoms with Gasteiger partial charge in [-0.2, -0.15) is 0 Å². The topological polar surface area (TPSA) is 72.0 Å². The van der Waals surface area contributed by atoms with Crippen LogP contribution < -0.4 is 5.32 Å². The zero-order chi connectivity index (χ0) is 15.2. The molecule has 0 aliphatic carbocycles. The third-order valence-corrected chi connectivity index (χ3v) is 3.91. The molecule has 0 aliphatic rings. The van der Waals surface area contributed by atoms with E-state index < -0.39 is 0 Å². The van der Waals surface area contributed by atoms with Crippen LogP contribution in [-0.4, -0.2) is 27.6 Å². The summed E-state index contributed by atoms with van der Waals surface area (Å²) in [5.74, 6) is 0.511. The van der Waals surface area contributed by atoms with Gasteiger partial charge in [0, 0.05) is 17.0 Å². The number of Topliss-reactive ketones (excluding diaryl/α,β-unsaturated/α-hetero) is 1. The zero-order valence-electron chi connectivity index (χ0n) is 11.2. The van der Waals surface area contributed by atoms with E-state index in [9.17, 15) is 9.59 Å². The normalized spacial score (nSPS) is 10.2. The second-order valence-corrected chi connectivity index (χ2v) is 6.07. The number of rotatable bonds is 5. The molecule has 1 aromatic heterocycles. The number of hydrogen-bond acceptors (Lipinski definition) is 5. The molecule has 1 heterocycles. The van der Waals surface area contributed by atoms with Gasteiger partial charge in [-0.1, -0.05) is 39.8 Å². The van der Waals surface area contributed by atoms with Crippen LogP contribution in [0.15, 0.2) is 45.9 Å². The summed E-state index contributed by atoms with van der Waals surface area (Å²) in [6.45, 7) is 1.40. The first kappa shape index (κ1) is 15.7. The summed E-state index contributed by atoms with van der Waals surface area (Å²) < 4.78 is 0.936. The molecule has 7 heteroatoms. The first-order valence-corrected chi connectivity index (χ1v) is 7.85. The first-order chi connectivity index (χ1) is 10.0. The van der Waals surface area contributed by atoms with Crippen molar-refractivity contribution in [1.82, 2.24) is 10.2 Å². The van der Waals surface area contributed by atoms with Crippen LogP contribution in [0.5, 0.6) is 0 Å². The van der Waals surface area contributed by atoms with Crippen LogP contribution in [0.2, 0.25) is 0 Å². The van der Waals surface area contributed by atoms with E-state index in [-0.39, 0.29) is 17.4 Å². The molecule has 0 saturated heterocycles. The van der Waals surface area contributed by atoms with Gasteiger partial charge in [-0.3, -0.25) is 9.59 Å². The number of nitrogens with one attached hydrogen (secondary N) is 1. The van der Waals surface area contributed by atoms with Gasteiger partial charge in [0.1, 0.15) is 5.03 Å². The Bertz CT molecular complexity index is 644. The molecule has 1 aromatic carbocycles. The van der Waals surface area contributed by atoms with Crippen molar-refractivity contribution >= 4 is 45.2 Å². The number of ketones is 1. The molecule has 2 aromatic rings. The Labute approximate surface area is 134 Å². The van der Waals surface area contributed by atoms with E-state index in [1.54, 1.807) is 24.3 Å². The average molecular weight is 366 g/mol. The fourth-order valence-electron chi connectivity index (χ4n) is 1.50. The van der Waals surface area contributed by atoms with Gasteiger partial charge in [0.15, 0.2) is 11.6 Å². The van der Waals surface area contributed by atoms with Gasteiger partial charge in [0.2, 0.25) is 5.91 Å². The minimum Gasteiger partial charge on any atom is -0.309 e. The fraction of sp³-hybridized carbons (Fsp3) is 0.143. The third kappa shape index (κ3) is 4.95. The Kier molecular flexibility index (Phi) is 5.46. The maximum Gasteiger partial charge on any atom is 0.222 e. The van der Waals surface area contributed by atoms with Crippen molar-refractivity contribution in [2.24, 2.45) is 0 Å². The van der Waals surface area contributed by atoms with Gasteiger partial charge in [0.05, 0.1) is 5.75 Å². The van der Waals surface area contributed by atoms with Crippen molar-refractivity contribution in [3.63, 3.8) is 0 Å². The standard InChI is InChI=1S/C14H12BrN3O2S/c1-9(19)16-13-6-7-14(18-17-13)21-8-12(20)10-2-4-11(15)5-3-10/h2-7H,8H2,1H3,(H,16,17,19). The van der Waals surface area contributed by atoms with E-state index in [0.717, 1.165) is 4.47 Å². The Balaban J connectivity index is 1.92. The van der Waals surface area contributed by atoms with Crippen molar-refractivity contribution in [2.45, 2.75) is 11.9 Å². The number of anilines is 1. The van der Waals surface area contributed by atoms with E-state index in [4.69, 9.17) is 0 Å². The van der Waals surface area contributed by atoms with E-state index in [1.807, 2.05) is 12.1 Å². The minimum absolute atomic E-state index is 0.0280. The summed E-state index contributed by atoms with van der Waals surface area (Å²) >= 11 is 4.64. The zero-order valence-corrected chi connectivity index (χ0v) is 13.6. The molecule has 0 radical (unpaired) electrons. The lowest BCUT2D eigenvalue weighted by Gasteiger charge is -2.03. The molecule has 0 bridgehead atoms. The Morgan fingerprint density at radius 2 is 1.86 bits per heavy atom. The third-order valence-electron chi connectivity index (χ3n) is 2.46. The second kappa shape index (κ2) is 7.33. The van der Waals surface area contributed by atoms with Gasteiger partial charge in [-0.25, -0.2) is 0 Å². The van der Waals surface area contributed by atoms with Crippen LogP contribution in [0, 0.1) is 0 Å². The van der Waals surface area contributed by atoms with Crippen LogP contribution >= 0.6 is 27.7 Å². The quantitative estimate of drug-likeness (QED) is 0.650. The number of nitrogens with zero attached hydrogens (tertiary/aromatic N) is 2. The summed E-state index contributed by atoms with van der Waals surface area (Å²) in [5.41, 5.74) is 0.661. The highest BCUT2D eigenvalue weighted by Crippen LogP contribution is 2.18. The lowest BCUT2D eigenvalue weighted by atomic mass is 10.2. The fourth-order valence-corrected chi connectivity index (χ4v) is 2.48. The molecule has 108 valence electrons. The lowest BCUT2D eigenvalue weighted by molar-refractivity contribution is -0.114. The van der Waals surface area contributed by atoms with E-state index in [2.05, 4.69) is 31.4 Å².